The minimum atomic E-state index is 0.0326. The summed E-state index contributed by atoms with van der Waals surface area (Å²) >= 11 is 3.38. The van der Waals surface area contributed by atoms with Crippen molar-refractivity contribution in [3.63, 3.8) is 0 Å². The fraction of sp³-hybridized carbons (Fsp3) is 0.364. The molecule has 1 aromatic rings. The van der Waals surface area contributed by atoms with Gasteiger partial charge in [0, 0.05) is 11.1 Å². The van der Waals surface area contributed by atoms with E-state index in [0.29, 0.717) is 30.3 Å². The van der Waals surface area contributed by atoms with Crippen molar-refractivity contribution in [2.45, 2.75) is 13.8 Å². The van der Waals surface area contributed by atoms with Gasteiger partial charge in [0.25, 0.3) is 0 Å². The molecule has 0 N–H and O–H groups in total. The van der Waals surface area contributed by atoms with Crippen molar-refractivity contribution < 1.29 is 14.3 Å². The van der Waals surface area contributed by atoms with E-state index in [0.717, 1.165) is 10.0 Å². The maximum absolute atomic E-state index is 11.4. The average molecular weight is 271 g/mol. The van der Waals surface area contributed by atoms with Gasteiger partial charge in [-0.15, -0.1) is 0 Å². The number of benzene rings is 1. The van der Waals surface area contributed by atoms with Crippen LogP contribution in [0, 0.1) is 6.92 Å². The number of carbonyl (C=O) groups excluding carboxylic acids is 1. The minimum absolute atomic E-state index is 0.0326. The van der Waals surface area contributed by atoms with E-state index in [1.54, 1.807) is 13.0 Å². The van der Waals surface area contributed by atoms with Gasteiger partial charge in [-0.2, -0.15) is 0 Å². The van der Waals surface area contributed by atoms with Gasteiger partial charge in [0.05, 0.1) is 4.47 Å². The monoisotopic (exact) mass is 270 g/mol. The van der Waals surface area contributed by atoms with Crippen LogP contribution in [0.4, 0.5) is 0 Å². The zero-order chi connectivity index (χ0) is 11.0. The molecule has 0 saturated heterocycles. The summed E-state index contributed by atoms with van der Waals surface area (Å²) in [6, 6.07) is 1.78. The Bertz CT molecular complexity index is 426. The Morgan fingerprint density at radius 3 is 2.53 bits per heavy atom. The Kier molecular flexibility index (Phi) is 2.69. The standard InChI is InChI=1S/C11H11BrO3/c1-6-8(7(2)13)5-9(12)11-10(6)14-3-4-15-11/h5H,3-4H2,1-2H3. The fourth-order valence-corrected chi connectivity index (χ4v) is 2.19. The van der Waals surface area contributed by atoms with E-state index in [-0.39, 0.29) is 5.78 Å². The number of hydrogen-bond acceptors (Lipinski definition) is 3. The molecule has 15 heavy (non-hydrogen) atoms. The van der Waals surface area contributed by atoms with E-state index in [2.05, 4.69) is 15.9 Å². The molecular weight excluding hydrogens is 260 g/mol. The molecule has 0 aromatic heterocycles. The van der Waals surface area contributed by atoms with E-state index in [4.69, 9.17) is 9.47 Å². The minimum Gasteiger partial charge on any atom is -0.486 e. The molecule has 0 fully saturated rings. The first kappa shape index (κ1) is 10.5. The molecule has 0 bridgehead atoms. The number of Topliss-reactive ketones (excluding diaryl/α,β-unsaturated/α-hetero) is 1. The van der Waals surface area contributed by atoms with Gasteiger partial charge in [0.1, 0.15) is 13.2 Å². The van der Waals surface area contributed by atoms with Crippen LogP contribution in [0.25, 0.3) is 0 Å². The summed E-state index contributed by atoms with van der Waals surface area (Å²) in [5, 5.41) is 0. The normalized spacial score (nSPS) is 13.8. The molecule has 0 unspecified atom stereocenters. The van der Waals surface area contributed by atoms with Crippen molar-refractivity contribution in [3.8, 4) is 11.5 Å². The maximum Gasteiger partial charge on any atom is 0.175 e. The van der Waals surface area contributed by atoms with E-state index in [1.807, 2.05) is 6.92 Å². The van der Waals surface area contributed by atoms with Gasteiger partial charge < -0.3 is 9.47 Å². The van der Waals surface area contributed by atoms with Gasteiger partial charge in [-0.05, 0) is 35.8 Å². The number of ether oxygens (including phenoxy) is 2. The van der Waals surface area contributed by atoms with Crippen molar-refractivity contribution in [2.24, 2.45) is 0 Å². The molecule has 0 aliphatic carbocycles. The number of carbonyl (C=O) groups is 1. The van der Waals surface area contributed by atoms with E-state index >= 15 is 0 Å². The highest BCUT2D eigenvalue weighted by atomic mass is 79.9. The third-order valence-electron chi connectivity index (χ3n) is 2.39. The number of halogens is 1. The van der Waals surface area contributed by atoms with Crippen LogP contribution in [0.2, 0.25) is 0 Å². The van der Waals surface area contributed by atoms with Crippen LogP contribution in [-0.2, 0) is 0 Å². The molecule has 80 valence electrons. The zero-order valence-electron chi connectivity index (χ0n) is 8.59. The Morgan fingerprint density at radius 1 is 1.33 bits per heavy atom. The van der Waals surface area contributed by atoms with Gasteiger partial charge in [-0.3, -0.25) is 4.79 Å². The topological polar surface area (TPSA) is 35.5 Å². The Morgan fingerprint density at radius 2 is 1.93 bits per heavy atom. The number of rotatable bonds is 1. The fourth-order valence-electron chi connectivity index (χ4n) is 1.66. The lowest BCUT2D eigenvalue weighted by atomic mass is 10.0. The summed E-state index contributed by atoms with van der Waals surface area (Å²) in [7, 11) is 0. The maximum atomic E-state index is 11.4. The second kappa shape index (κ2) is 3.85. The summed E-state index contributed by atoms with van der Waals surface area (Å²) in [6.07, 6.45) is 0. The molecule has 1 aromatic carbocycles. The first-order valence-corrected chi connectivity index (χ1v) is 5.50. The molecule has 4 heteroatoms. The van der Waals surface area contributed by atoms with Crippen LogP contribution in [0.3, 0.4) is 0 Å². The Hall–Kier alpha value is -1.03. The van der Waals surface area contributed by atoms with Crippen molar-refractivity contribution in [1.82, 2.24) is 0 Å². The van der Waals surface area contributed by atoms with Crippen LogP contribution in [0.1, 0.15) is 22.8 Å². The highest BCUT2D eigenvalue weighted by Crippen LogP contribution is 2.41. The lowest BCUT2D eigenvalue weighted by Crippen LogP contribution is -2.17. The third kappa shape index (κ3) is 1.74. The largest absolute Gasteiger partial charge is 0.486 e. The molecule has 2 rings (SSSR count). The number of hydrogen-bond donors (Lipinski definition) is 0. The van der Waals surface area contributed by atoms with E-state index in [9.17, 15) is 4.79 Å². The highest BCUT2D eigenvalue weighted by molar-refractivity contribution is 9.10. The summed E-state index contributed by atoms with van der Waals surface area (Å²) in [5.74, 6) is 1.41. The molecule has 0 amide bonds. The molecule has 0 spiro atoms. The first-order valence-electron chi connectivity index (χ1n) is 4.71. The molecule has 0 radical (unpaired) electrons. The molecule has 3 nitrogen and oxygen atoms in total. The average Bonchev–Trinajstić information content (AvgIpc) is 2.23. The van der Waals surface area contributed by atoms with Gasteiger partial charge in [0.15, 0.2) is 17.3 Å². The molecule has 0 saturated carbocycles. The molecule has 1 aliphatic heterocycles. The lowest BCUT2D eigenvalue weighted by Gasteiger charge is -2.22. The van der Waals surface area contributed by atoms with Gasteiger partial charge in [-0.1, -0.05) is 0 Å². The van der Waals surface area contributed by atoms with E-state index < -0.39 is 0 Å². The summed E-state index contributed by atoms with van der Waals surface area (Å²) in [6.45, 7) is 4.49. The summed E-state index contributed by atoms with van der Waals surface area (Å²) in [5.41, 5.74) is 1.52. The predicted molar refractivity (Wildman–Crippen MR) is 59.9 cm³/mol. The van der Waals surface area contributed by atoms with Crippen molar-refractivity contribution in [3.05, 3.63) is 21.7 Å². The predicted octanol–water partition coefficient (Wildman–Crippen LogP) is 2.73. The summed E-state index contributed by atoms with van der Waals surface area (Å²) < 4.78 is 11.8. The second-order valence-corrected chi connectivity index (χ2v) is 4.30. The quantitative estimate of drug-likeness (QED) is 0.737. The van der Waals surface area contributed by atoms with Gasteiger partial charge >= 0.3 is 0 Å². The van der Waals surface area contributed by atoms with Gasteiger partial charge in [-0.25, -0.2) is 0 Å². The Labute approximate surface area is 96.5 Å². The Balaban J connectivity index is 2.64. The molecule has 1 heterocycles. The third-order valence-corrected chi connectivity index (χ3v) is 2.98. The van der Waals surface area contributed by atoms with Crippen molar-refractivity contribution in [2.75, 3.05) is 13.2 Å². The van der Waals surface area contributed by atoms with Crippen molar-refractivity contribution >= 4 is 21.7 Å². The smallest absolute Gasteiger partial charge is 0.175 e. The SMILES string of the molecule is CC(=O)c1cc(Br)c2c(c1C)OCCO2. The van der Waals surface area contributed by atoms with Crippen LogP contribution in [-0.4, -0.2) is 19.0 Å². The van der Waals surface area contributed by atoms with Crippen LogP contribution < -0.4 is 9.47 Å². The summed E-state index contributed by atoms with van der Waals surface area (Å²) in [4.78, 5) is 11.4. The van der Waals surface area contributed by atoms with Crippen LogP contribution in [0.5, 0.6) is 11.5 Å². The zero-order valence-corrected chi connectivity index (χ0v) is 10.2. The molecular formula is C11H11BrO3. The highest BCUT2D eigenvalue weighted by Gasteiger charge is 2.21. The number of ketones is 1. The van der Waals surface area contributed by atoms with Crippen LogP contribution >= 0.6 is 15.9 Å². The van der Waals surface area contributed by atoms with E-state index in [1.165, 1.54) is 0 Å². The molecule has 1 aliphatic rings. The molecule has 0 atom stereocenters. The lowest BCUT2D eigenvalue weighted by molar-refractivity contribution is 0.101. The first-order chi connectivity index (χ1) is 7.11. The number of fused-ring (bicyclic) bond motifs is 1. The van der Waals surface area contributed by atoms with Gasteiger partial charge in [0.2, 0.25) is 0 Å². The second-order valence-electron chi connectivity index (χ2n) is 3.44. The van der Waals surface area contributed by atoms with Crippen molar-refractivity contribution in [1.29, 1.82) is 0 Å². The van der Waals surface area contributed by atoms with Crippen LogP contribution in [0.15, 0.2) is 10.5 Å².